The Balaban J connectivity index is 1.93. The van der Waals surface area contributed by atoms with Crippen LogP contribution < -0.4 is 0 Å². The molecule has 2 unspecified atom stereocenters. The average molecular weight is 453 g/mol. The van der Waals surface area contributed by atoms with E-state index in [1.807, 2.05) is 62.4 Å². The lowest BCUT2D eigenvalue weighted by molar-refractivity contribution is -0.00188. The molecule has 4 nitrogen and oxygen atoms in total. The van der Waals surface area contributed by atoms with Gasteiger partial charge in [-0.15, -0.1) is 0 Å². The van der Waals surface area contributed by atoms with E-state index in [2.05, 4.69) is 27.7 Å². The van der Waals surface area contributed by atoms with Crippen molar-refractivity contribution in [2.45, 2.75) is 85.9 Å². The third-order valence-electron chi connectivity index (χ3n) is 5.65. The number of hydrogen-bond donors (Lipinski definition) is 0. The van der Waals surface area contributed by atoms with E-state index in [4.69, 9.17) is 9.47 Å². The number of hydrogen-bond acceptors (Lipinski definition) is 4. The first-order valence-corrected chi connectivity index (χ1v) is 12.3. The van der Waals surface area contributed by atoms with Crippen LogP contribution in [0.4, 0.5) is 0 Å². The van der Waals surface area contributed by atoms with Gasteiger partial charge in [0.25, 0.3) is 0 Å². The van der Waals surface area contributed by atoms with E-state index >= 15 is 0 Å². The van der Waals surface area contributed by atoms with E-state index < -0.39 is 0 Å². The maximum Gasteiger partial charge on any atom is 0.338 e. The fourth-order valence-electron chi connectivity index (χ4n) is 3.82. The maximum atomic E-state index is 12.6. The minimum atomic E-state index is -0.333. The molecule has 2 atom stereocenters. The SMILES string of the molecule is CCC(CC(CC)OC(=O)c1ccc(CC(C)C)cc1)OC(=O)c1ccc(CC(C)C)cc1. The van der Waals surface area contributed by atoms with Crippen LogP contribution in [0.2, 0.25) is 0 Å². The third kappa shape index (κ3) is 9.03. The van der Waals surface area contributed by atoms with Gasteiger partial charge < -0.3 is 9.47 Å². The molecule has 0 fully saturated rings. The zero-order chi connectivity index (χ0) is 24.4. The zero-order valence-corrected chi connectivity index (χ0v) is 21.1. The highest BCUT2D eigenvalue weighted by Gasteiger charge is 2.22. The van der Waals surface area contributed by atoms with Crippen LogP contribution in [0.3, 0.4) is 0 Å². The summed E-state index contributed by atoms with van der Waals surface area (Å²) in [6, 6.07) is 15.3. The van der Waals surface area contributed by atoms with Crippen molar-refractivity contribution in [3.63, 3.8) is 0 Å². The van der Waals surface area contributed by atoms with Gasteiger partial charge in [-0.1, -0.05) is 65.8 Å². The Hall–Kier alpha value is -2.62. The highest BCUT2D eigenvalue weighted by Crippen LogP contribution is 2.18. The van der Waals surface area contributed by atoms with Crippen LogP contribution in [0, 0.1) is 11.8 Å². The number of carbonyl (C=O) groups is 2. The number of ether oxygens (including phenoxy) is 2. The monoisotopic (exact) mass is 452 g/mol. The first-order valence-electron chi connectivity index (χ1n) is 12.3. The van der Waals surface area contributed by atoms with Gasteiger partial charge in [-0.3, -0.25) is 0 Å². The molecule has 2 aromatic carbocycles. The molecule has 2 aromatic rings. The maximum absolute atomic E-state index is 12.6. The van der Waals surface area contributed by atoms with Gasteiger partial charge in [-0.05, 0) is 72.9 Å². The molecule has 0 saturated carbocycles. The Morgan fingerprint density at radius 1 is 0.636 bits per heavy atom. The van der Waals surface area contributed by atoms with Gasteiger partial charge in [0.2, 0.25) is 0 Å². The predicted octanol–water partition coefficient (Wildman–Crippen LogP) is 7.04. The molecule has 0 aliphatic heterocycles. The minimum Gasteiger partial charge on any atom is -0.459 e. The molecule has 0 bridgehead atoms. The lowest BCUT2D eigenvalue weighted by Gasteiger charge is -2.22. The number of esters is 2. The summed E-state index contributed by atoms with van der Waals surface area (Å²) in [5, 5.41) is 0. The molecule has 0 heterocycles. The van der Waals surface area contributed by atoms with Crippen LogP contribution in [0.15, 0.2) is 48.5 Å². The number of carbonyl (C=O) groups excluding carboxylic acids is 2. The van der Waals surface area contributed by atoms with E-state index in [9.17, 15) is 9.59 Å². The van der Waals surface area contributed by atoms with E-state index in [1.165, 1.54) is 11.1 Å². The summed E-state index contributed by atoms with van der Waals surface area (Å²) in [6.45, 7) is 12.6. The van der Waals surface area contributed by atoms with Gasteiger partial charge in [0.15, 0.2) is 0 Å². The van der Waals surface area contributed by atoms with Crippen molar-refractivity contribution in [2.75, 3.05) is 0 Å². The van der Waals surface area contributed by atoms with Crippen molar-refractivity contribution < 1.29 is 19.1 Å². The Bertz CT molecular complexity index is 792. The summed E-state index contributed by atoms with van der Waals surface area (Å²) in [7, 11) is 0. The summed E-state index contributed by atoms with van der Waals surface area (Å²) in [4.78, 5) is 25.3. The van der Waals surface area contributed by atoms with Gasteiger partial charge in [0.1, 0.15) is 12.2 Å². The lowest BCUT2D eigenvalue weighted by atomic mass is 10.0. The quantitative estimate of drug-likeness (QED) is 0.324. The summed E-state index contributed by atoms with van der Waals surface area (Å²) < 4.78 is 11.5. The van der Waals surface area contributed by atoms with Gasteiger partial charge in [0, 0.05) is 6.42 Å². The third-order valence-corrected chi connectivity index (χ3v) is 5.65. The Morgan fingerprint density at radius 2 is 0.970 bits per heavy atom. The second-order valence-electron chi connectivity index (χ2n) is 9.70. The fourth-order valence-corrected chi connectivity index (χ4v) is 3.82. The van der Waals surface area contributed by atoms with Crippen LogP contribution in [0.1, 0.15) is 92.6 Å². The Kier molecular flexibility index (Phi) is 10.6. The van der Waals surface area contributed by atoms with Gasteiger partial charge in [0.05, 0.1) is 11.1 Å². The molecule has 0 aromatic heterocycles. The second-order valence-corrected chi connectivity index (χ2v) is 9.70. The molecular weight excluding hydrogens is 412 g/mol. The molecule has 0 aliphatic rings. The summed E-state index contributed by atoms with van der Waals surface area (Å²) in [5.41, 5.74) is 3.52. The van der Waals surface area contributed by atoms with Crippen molar-refractivity contribution in [1.29, 1.82) is 0 Å². The summed E-state index contributed by atoms with van der Waals surface area (Å²) >= 11 is 0. The molecule has 2 rings (SSSR count). The van der Waals surface area contributed by atoms with E-state index in [-0.39, 0.29) is 24.1 Å². The second kappa shape index (κ2) is 13.2. The molecule has 0 aliphatic carbocycles. The molecule has 0 radical (unpaired) electrons. The van der Waals surface area contributed by atoms with Crippen molar-refractivity contribution >= 4 is 11.9 Å². The fraction of sp³-hybridized carbons (Fsp3) is 0.517. The lowest BCUT2D eigenvalue weighted by Crippen LogP contribution is -2.27. The Labute approximate surface area is 199 Å². The average Bonchev–Trinajstić information content (AvgIpc) is 2.78. The highest BCUT2D eigenvalue weighted by atomic mass is 16.6. The van der Waals surface area contributed by atoms with Crippen LogP contribution >= 0.6 is 0 Å². The number of rotatable bonds is 12. The molecule has 180 valence electrons. The normalized spacial score (nSPS) is 13.1. The predicted molar refractivity (Wildman–Crippen MR) is 134 cm³/mol. The van der Waals surface area contributed by atoms with Gasteiger partial charge in [-0.2, -0.15) is 0 Å². The molecule has 0 amide bonds. The topological polar surface area (TPSA) is 52.6 Å². The van der Waals surface area contributed by atoms with Crippen LogP contribution in [-0.2, 0) is 22.3 Å². The van der Waals surface area contributed by atoms with Crippen molar-refractivity contribution in [3.8, 4) is 0 Å². The van der Waals surface area contributed by atoms with Crippen LogP contribution in [0.5, 0.6) is 0 Å². The van der Waals surface area contributed by atoms with E-state index in [0.29, 0.717) is 42.2 Å². The van der Waals surface area contributed by atoms with Gasteiger partial charge >= 0.3 is 11.9 Å². The molecular formula is C29H40O4. The zero-order valence-electron chi connectivity index (χ0n) is 21.1. The van der Waals surface area contributed by atoms with Crippen LogP contribution in [0.25, 0.3) is 0 Å². The summed E-state index contributed by atoms with van der Waals surface area (Å²) in [5.74, 6) is 0.470. The minimum absolute atomic E-state index is 0.306. The standard InChI is InChI=1S/C29H40O4/c1-7-26(32-28(30)24-13-9-22(10-14-24)17-20(3)4)19-27(8-2)33-29(31)25-15-11-23(12-16-25)18-21(5)6/h9-16,20-21,26-27H,7-8,17-19H2,1-6H3. The van der Waals surface area contributed by atoms with Gasteiger partial charge in [-0.25, -0.2) is 9.59 Å². The van der Waals surface area contributed by atoms with E-state index in [1.54, 1.807) is 0 Å². The molecule has 33 heavy (non-hydrogen) atoms. The number of benzene rings is 2. The van der Waals surface area contributed by atoms with Crippen molar-refractivity contribution in [2.24, 2.45) is 11.8 Å². The smallest absolute Gasteiger partial charge is 0.338 e. The molecule has 4 heteroatoms. The first-order chi connectivity index (χ1) is 15.7. The van der Waals surface area contributed by atoms with E-state index in [0.717, 1.165) is 12.8 Å². The van der Waals surface area contributed by atoms with Crippen molar-refractivity contribution in [3.05, 3.63) is 70.8 Å². The van der Waals surface area contributed by atoms with Crippen molar-refractivity contribution in [1.82, 2.24) is 0 Å². The highest BCUT2D eigenvalue weighted by molar-refractivity contribution is 5.90. The Morgan fingerprint density at radius 3 is 1.24 bits per heavy atom. The van der Waals surface area contributed by atoms with Crippen LogP contribution in [-0.4, -0.2) is 24.1 Å². The molecule has 0 spiro atoms. The molecule has 0 N–H and O–H groups in total. The molecule has 0 saturated heterocycles. The summed E-state index contributed by atoms with van der Waals surface area (Å²) in [6.07, 6.45) is 3.16. The largest absolute Gasteiger partial charge is 0.459 e. The first kappa shape index (κ1) is 26.6.